The summed E-state index contributed by atoms with van der Waals surface area (Å²) in [5.41, 5.74) is 7.68. The van der Waals surface area contributed by atoms with E-state index in [1.165, 1.54) is 6.20 Å². The van der Waals surface area contributed by atoms with Gasteiger partial charge in [-0.05, 0) is 42.8 Å². The normalized spacial score (nSPS) is 10.1. The molecule has 92 valence electrons. The van der Waals surface area contributed by atoms with Gasteiger partial charge in [0.1, 0.15) is 5.82 Å². The number of hydrogen-bond donors (Lipinski definition) is 2. The van der Waals surface area contributed by atoms with Crippen molar-refractivity contribution in [1.82, 2.24) is 4.98 Å². The molecule has 0 saturated heterocycles. The highest BCUT2D eigenvalue weighted by atomic mass is 35.5. The molecule has 2 rings (SSSR count). The number of aromatic nitrogens is 1. The molecule has 0 aliphatic heterocycles. The van der Waals surface area contributed by atoms with Gasteiger partial charge >= 0.3 is 0 Å². The Morgan fingerprint density at radius 2 is 2.11 bits per heavy atom. The predicted molar refractivity (Wildman–Crippen MR) is 72.8 cm³/mol. The van der Waals surface area contributed by atoms with Gasteiger partial charge in [-0.25, -0.2) is 4.98 Å². The summed E-state index contributed by atoms with van der Waals surface area (Å²) in [6, 6.07) is 8.40. The van der Waals surface area contributed by atoms with Crippen LogP contribution in [0.15, 0.2) is 36.5 Å². The van der Waals surface area contributed by atoms with Crippen LogP contribution in [0.4, 0.5) is 11.5 Å². The van der Waals surface area contributed by atoms with Crippen LogP contribution in [0.25, 0.3) is 0 Å². The lowest BCUT2D eigenvalue weighted by Gasteiger charge is -2.06. The Morgan fingerprint density at radius 3 is 2.78 bits per heavy atom. The zero-order valence-corrected chi connectivity index (χ0v) is 10.5. The minimum Gasteiger partial charge on any atom is -0.399 e. The number of rotatable bonds is 2. The van der Waals surface area contributed by atoms with E-state index < -0.39 is 0 Å². The number of nitrogens with two attached hydrogens (primary N) is 1. The number of carbonyl (C=O) groups is 1. The summed E-state index contributed by atoms with van der Waals surface area (Å²) in [6.07, 6.45) is 1.53. The number of aryl methyl sites for hydroxylation is 1. The number of carbonyl (C=O) groups excluding carboxylic acids is 1. The molecule has 1 aromatic carbocycles. The zero-order valence-electron chi connectivity index (χ0n) is 9.77. The monoisotopic (exact) mass is 261 g/mol. The van der Waals surface area contributed by atoms with E-state index in [-0.39, 0.29) is 5.91 Å². The number of pyridine rings is 1. The number of halogens is 1. The Bertz CT molecular complexity index is 578. The van der Waals surface area contributed by atoms with Crippen molar-refractivity contribution in [3.63, 3.8) is 0 Å². The molecule has 3 N–H and O–H groups in total. The first-order valence-electron chi connectivity index (χ1n) is 5.34. The number of hydrogen-bond acceptors (Lipinski definition) is 3. The fourth-order valence-corrected chi connectivity index (χ4v) is 1.77. The number of nitrogens with one attached hydrogen (secondary N) is 1. The first-order chi connectivity index (χ1) is 8.54. The Kier molecular flexibility index (Phi) is 3.48. The summed E-state index contributed by atoms with van der Waals surface area (Å²) in [4.78, 5) is 16.0. The molecular weight excluding hydrogens is 250 g/mol. The quantitative estimate of drug-likeness (QED) is 0.817. The van der Waals surface area contributed by atoms with Crippen LogP contribution in [0.1, 0.15) is 15.9 Å². The lowest BCUT2D eigenvalue weighted by molar-refractivity contribution is 0.102. The fraction of sp³-hybridized carbons (Fsp3) is 0.0769. The van der Waals surface area contributed by atoms with Gasteiger partial charge in [-0.1, -0.05) is 11.6 Å². The molecule has 0 atom stereocenters. The van der Waals surface area contributed by atoms with Gasteiger partial charge in [0.25, 0.3) is 5.91 Å². The van der Waals surface area contributed by atoms with Gasteiger partial charge in [0.05, 0.1) is 0 Å². The van der Waals surface area contributed by atoms with Crippen molar-refractivity contribution >= 4 is 29.0 Å². The standard InChI is InChI=1S/C13H12ClN3O/c1-8-4-9(6-11(15)5-8)13(18)17-12-7-10(14)2-3-16-12/h2-7H,15H2,1H3,(H,16,17,18). The van der Waals surface area contributed by atoms with Crippen molar-refractivity contribution < 1.29 is 4.79 Å². The smallest absolute Gasteiger partial charge is 0.256 e. The van der Waals surface area contributed by atoms with E-state index >= 15 is 0 Å². The van der Waals surface area contributed by atoms with E-state index in [1.807, 2.05) is 6.92 Å². The summed E-state index contributed by atoms with van der Waals surface area (Å²) >= 11 is 5.81. The summed E-state index contributed by atoms with van der Waals surface area (Å²) < 4.78 is 0. The Hall–Kier alpha value is -2.07. The van der Waals surface area contributed by atoms with E-state index in [0.717, 1.165) is 5.56 Å². The summed E-state index contributed by atoms with van der Waals surface area (Å²) in [5, 5.41) is 3.18. The second-order valence-corrected chi connectivity index (χ2v) is 4.38. The molecule has 0 saturated carbocycles. The van der Waals surface area contributed by atoms with E-state index in [1.54, 1.807) is 30.3 Å². The van der Waals surface area contributed by atoms with Crippen LogP contribution in [-0.2, 0) is 0 Å². The maximum absolute atomic E-state index is 12.0. The van der Waals surface area contributed by atoms with Crippen LogP contribution in [0, 0.1) is 6.92 Å². The van der Waals surface area contributed by atoms with Gasteiger partial charge < -0.3 is 11.1 Å². The summed E-state index contributed by atoms with van der Waals surface area (Å²) in [7, 11) is 0. The van der Waals surface area contributed by atoms with Crippen molar-refractivity contribution in [1.29, 1.82) is 0 Å². The van der Waals surface area contributed by atoms with Gasteiger partial charge in [0, 0.05) is 22.5 Å². The maximum Gasteiger partial charge on any atom is 0.256 e. The number of nitrogens with zero attached hydrogens (tertiary/aromatic N) is 1. The highest BCUT2D eigenvalue weighted by molar-refractivity contribution is 6.30. The maximum atomic E-state index is 12.0. The zero-order chi connectivity index (χ0) is 13.1. The van der Waals surface area contributed by atoms with Crippen LogP contribution in [0.5, 0.6) is 0 Å². The Labute approximate surface area is 110 Å². The summed E-state index contributed by atoms with van der Waals surface area (Å²) in [5.74, 6) is 0.146. The van der Waals surface area contributed by atoms with Crippen LogP contribution in [0.2, 0.25) is 5.02 Å². The molecule has 0 spiro atoms. The molecule has 0 unspecified atom stereocenters. The lowest BCUT2D eigenvalue weighted by atomic mass is 10.1. The second-order valence-electron chi connectivity index (χ2n) is 3.95. The number of benzene rings is 1. The highest BCUT2D eigenvalue weighted by Gasteiger charge is 2.08. The first kappa shape index (κ1) is 12.4. The Morgan fingerprint density at radius 1 is 1.33 bits per heavy atom. The third-order valence-corrected chi connectivity index (χ3v) is 2.56. The molecule has 0 aliphatic rings. The Balaban J connectivity index is 2.22. The molecule has 0 radical (unpaired) electrons. The van der Waals surface area contributed by atoms with E-state index in [9.17, 15) is 4.79 Å². The van der Waals surface area contributed by atoms with Gasteiger partial charge in [0.2, 0.25) is 0 Å². The molecule has 1 amide bonds. The van der Waals surface area contributed by atoms with Crippen LogP contribution in [0.3, 0.4) is 0 Å². The molecule has 1 aromatic heterocycles. The van der Waals surface area contributed by atoms with Crippen molar-refractivity contribution in [2.24, 2.45) is 0 Å². The van der Waals surface area contributed by atoms with Crippen LogP contribution >= 0.6 is 11.6 Å². The molecular formula is C13H12ClN3O. The van der Waals surface area contributed by atoms with E-state index in [4.69, 9.17) is 17.3 Å². The molecule has 5 heteroatoms. The highest BCUT2D eigenvalue weighted by Crippen LogP contribution is 2.15. The van der Waals surface area contributed by atoms with Crippen LogP contribution in [-0.4, -0.2) is 10.9 Å². The van der Waals surface area contributed by atoms with Crippen molar-refractivity contribution in [3.05, 3.63) is 52.7 Å². The topological polar surface area (TPSA) is 68.0 Å². The number of amides is 1. The van der Waals surface area contributed by atoms with E-state index in [0.29, 0.717) is 22.1 Å². The third-order valence-electron chi connectivity index (χ3n) is 2.33. The first-order valence-corrected chi connectivity index (χ1v) is 5.72. The minimum atomic E-state index is -0.264. The molecule has 4 nitrogen and oxygen atoms in total. The molecule has 1 heterocycles. The average molecular weight is 262 g/mol. The summed E-state index contributed by atoms with van der Waals surface area (Å²) in [6.45, 7) is 1.88. The average Bonchev–Trinajstić information content (AvgIpc) is 2.27. The van der Waals surface area contributed by atoms with Gasteiger partial charge in [-0.3, -0.25) is 4.79 Å². The largest absolute Gasteiger partial charge is 0.399 e. The second kappa shape index (κ2) is 5.06. The van der Waals surface area contributed by atoms with E-state index in [2.05, 4.69) is 10.3 Å². The molecule has 0 aliphatic carbocycles. The lowest BCUT2D eigenvalue weighted by Crippen LogP contribution is -2.13. The van der Waals surface area contributed by atoms with Crippen molar-refractivity contribution in [3.8, 4) is 0 Å². The van der Waals surface area contributed by atoms with Crippen molar-refractivity contribution in [2.45, 2.75) is 6.92 Å². The van der Waals surface area contributed by atoms with Crippen molar-refractivity contribution in [2.75, 3.05) is 11.1 Å². The SMILES string of the molecule is Cc1cc(N)cc(C(=O)Nc2cc(Cl)ccn2)c1. The molecule has 2 aromatic rings. The molecule has 0 fully saturated rings. The predicted octanol–water partition coefficient (Wildman–Crippen LogP) is 2.88. The number of nitrogen functional groups attached to an aromatic ring is 1. The third kappa shape index (κ3) is 2.99. The fourth-order valence-electron chi connectivity index (χ4n) is 1.61. The van der Waals surface area contributed by atoms with Gasteiger partial charge in [-0.15, -0.1) is 0 Å². The molecule has 0 bridgehead atoms. The van der Waals surface area contributed by atoms with Gasteiger partial charge in [0.15, 0.2) is 0 Å². The van der Waals surface area contributed by atoms with Crippen LogP contribution < -0.4 is 11.1 Å². The van der Waals surface area contributed by atoms with Gasteiger partial charge in [-0.2, -0.15) is 0 Å². The minimum absolute atomic E-state index is 0.264. The molecule has 18 heavy (non-hydrogen) atoms. The number of anilines is 2.